The number of carbonyl (C=O) groups is 1. The van der Waals surface area contributed by atoms with Gasteiger partial charge in [-0.1, -0.05) is 19.9 Å². The minimum Gasteiger partial charge on any atom is -0.377 e. The van der Waals surface area contributed by atoms with Gasteiger partial charge in [0.15, 0.2) is 0 Å². The van der Waals surface area contributed by atoms with Gasteiger partial charge in [-0.05, 0) is 75.4 Å². The van der Waals surface area contributed by atoms with Gasteiger partial charge in [-0.25, -0.2) is 9.37 Å². The van der Waals surface area contributed by atoms with Gasteiger partial charge in [-0.3, -0.25) is 9.69 Å². The van der Waals surface area contributed by atoms with Crippen molar-refractivity contribution in [2.24, 2.45) is 5.92 Å². The molecule has 10 heteroatoms. The molecule has 5 heterocycles. The fraction of sp³-hybridized carbons (Fsp3) is 0.600. The number of nitrogens with one attached hydrogen (secondary N) is 1. The van der Waals surface area contributed by atoms with Crippen LogP contribution in [0.1, 0.15) is 68.2 Å². The van der Waals surface area contributed by atoms with Crippen LogP contribution in [0, 0.1) is 24.6 Å². The van der Waals surface area contributed by atoms with Gasteiger partial charge in [0.1, 0.15) is 17.2 Å². The number of morpholine rings is 1. The van der Waals surface area contributed by atoms with Crippen molar-refractivity contribution in [3.8, 4) is 11.1 Å². The Hall–Kier alpha value is -2.92. The maximum Gasteiger partial charge on any atom is 0.254 e. The molecule has 0 saturated carbocycles. The number of aryl methyl sites for hydroxylation is 1. The first-order chi connectivity index (χ1) is 21.6. The van der Waals surface area contributed by atoms with Gasteiger partial charge in [0.25, 0.3) is 5.91 Å². The molecule has 3 fully saturated rings. The lowest BCUT2D eigenvalue weighted by Crippen LogP contribution is -2.53. The van der Waals surface area contributed by atoms with E-state index in [4.69, 9.17) is 4.74 Å². The van der Waals surface area contributed by atoms with Crippen LogP contribution >= 0.6 is 0 Å². The minimum atomic E-state index is -0.592. The van der Waals surface area contributed by atoms with E-state index in [1.54, 1.807) is 22.3 Å². The first-order valence-corrected chi connectivity index (χ1v) is 16.7. The lowest BCUT2D eigenvalue weighted by Gasteiger charge is -2.46. The Morgan fingerprint density at radius 1 is 1.11 bits per heavy atom. The largest absolute Gasteiger partial charge is 0.377 e. The highest BCUT2D eigenvalue weighted by atomic mass is 19.1. The van der Waals surface area contributed by atoms with Crippen LogP contribution < -0.4 is 5.32 Å². The van der Waals surface area contributed by atoms with E-state index in [1.165, 1.54) is 25.0 Å². The summed E-state index contributed by atoms with van der Waals surface area (Å²) in [5.41, 5.74) is 2.71. The molecule has 0 unspecified atom stereocenters. The summed E-state index contributed by atoms with van der Waals surface area (Å²) in [5, 5.41) is 3.53. The van der Waals surface area contributed by atoms with Crippen LogP contribution in [0.5, 0.6) is 0 Å². The van der Waals surface area contributed by atoms with Gasteiger partial charge in [-0.15, -0.1) is 0 Å². The maximum atomic E-state index is 15.4. The van der Waals surface area contributed by atoms with E-state index in [1.807, 2.05) is 19.2 Å². The summed E-state index contributed by atoms with van der Waals surface area (Å²) >= 11 is 0. The minimum absolute atomic E-state index is 0.141. The fourth-order valence-electron chi connectivity index (χ4n) is 7.54. The van der Waals surface area contributed by atoms with Crippen LogP contribution in [0.2, 0.25) is 0 Å². The molecule has 0 radical (unpaired) electrons. The molecule has 3 saturated heterocycles. The number of aromatic nitrogens is 2. The first-order valence-electron chi connectivity index (χ1n) is 16.7. The molecule has 45 heavy (non-hydrogen) atoms. The summed E-state index contributed by atoms with van der Waals surface area (Å²) in [6.45, 7) is 18.2. The number of likely N-dealkylation sites (tertiary alicyclic amines) is 1. The number of imidazole rings is 1. The average molecular weight is 623 g/mol. The zero-order valence-corrected chi connectivity index (χ0v) is 27.4. The average Bonchev–Trinajstić information content (AvgIpc) is 3.27. The summed E-state index contributed by atoms with van der Waals surface area (Å²) in [4.78, 5) is 24.9. The van der Waals surface area contributed by atoms with Crippen LogP contribution in [-0.4, -0.2) is 107 Å². The highest BCUT2D eigenvalue weighted by molar-refractivity contribution is 6.03. The van der Waals surface area contributed by atoms with Gasteiger partial charge in [-0.2, -0.15) is 4.39 Å². The molecule has 2 aromatic heterocycles. The molecular weight excluding hydrogens is 574 g/mol. The number of hydrogen-bond acceptors (Lipinski definition) is 6. The van der Waals surface area contributed by atoms with E-state index in [9.17, 15) is 9.18 Å². The third-order valence-electron chi connectivity index (χ3n) is 10.1. The van der Waals surface area contributed by atoms with Crippen LogP contribution in [0.25, 0.3) is 16.6 Å². The molecule has 244 valence electrons. The summed E-state index contributed by atoms with van der Waals surface area (Å²) in [7, 11) is 0. The Labute approximate surface area is 265 Å². The number of carbonyl (C=O) groups excluding carboxylic acids is 1. The molecule has 6 rings (SSSR count). The zero-order chi connectivity index (χ0) is 31.8. The molecule has 1 aromatic carbocycles. The van der Waals surface area contributed by atoms with Crippen LogP contribution in [0.4, 0.5) is 8.78 Å². The second-order valence-corrected chi connectivity index (χ2v) is 13.7. The number of hydrogen-bond donors (Lipinski definition) is 1. The summed E-state index contributed by atoms with van der Waals surface area (Å²) in [5.74, 6) is -0.00339. The van der Waals surface area contributed by atoms with E-state index >= 15 is 4.39 Å². The van der Waals surface area contributed by atoms with E-state index < -0.39 is 11.8 Å². The molecule has 3 aliphatic heterocycles. The lowest BCUT2D eigenvalue weighted by atomic mass is 9.85. The number of piperazine rings is 1. The molecule has 3 aromatic rings. The Morgan fingerprint density at radius 3 is 2.64 bits per heavy atom. The Balaban J connectivity index is 1.25. The first kappa shape index (κ1) is 32.0. The topological polar surface area (TPSA) is 65.4 Å². The Bertz CT molecular complexity index is 1520. The van der Waals surface area contributed by atoms with Crippen molar-refractivity contribution in [3.05, 3.63) is 59.2 Å². The Kier molecular flexibility index (Phi) is 9.57. The second kappa shape index (κ2) is 13.4. The fourth-order valence-corrected chi connectivity index (χ4v) is 7.54. The monoisotopic (exact) mass is 622 g/mol. The van der Waals surface area contributed by atoms with Crippen molar-refractivity contribution < 1.29 is 18.3 Å². The standard InChI is InChI=1S/C35H48F2N6O2/c1-22(2)32(7-6-11-40-12-10-38-23(3)17-40)41-18-27(19-41)26-15-30(33-34(37)39-25(5)43(33)20-26)29-9-8-28(36)16-31(29)35(44)42-13-14-45-21-24(42)4/h8-9,15-16,20,22-24,27,32,38H,6-7,10-14,17-19,21H2,1-5H3/t23-,24-,32-/m1/s1. The zero-order valence-electron chi connectivity index (χ0n) is 27.4. The Morgan fingerprint density at radius 2 is 1.91 bits per heavy atom. The van der Waals surface area contributed by atoms with Gasteiger partial charge in [0.05, 0.1) is 24.8 Å². The number of nitrogens with zero attached hydrogens (tertiary/aromatic N) is 5. The van der Waals surface area contributed by atoms with Crippen molar-refractivity contribution >= 4 is 11.4 Å². The van der Waals surface area contributed by atoms with Crippen molar-refractivity contribution in [1.82, 2.24) is 29.4 Å². The summed E-state index contributed by atoms with van der Waals surface area (Å²) < 4.78 is 37.4. The van der Waals surface area contributed by atoms with Crippen molar-refractivity contribution in [2.75, 3.05) is 59.0 Å². The molecule has 1 amide bonds. The SMILES string of the molecule is Cc1nc(F)c2c(-c3ccc(F)cc3C(=O)N3CCOC[C@H]3C)cc(C3CN([C@H](CCCN4CCN[C@H](C)C4)C(C)C)C3)cn12. The van der Waals surface area contributed by atoms with E-state index in [-0.39, 0.29) is 23.4 Å². The third kappa shape index (κ3) is 6.66. The molecule has 8 nitrogen and oxygen atoms in total. The smallest absolute Gasteiger partial charge is 0.254 e. The molecule has 0 aliphatic carbocycles. The highest BCUT2D eigenvalue weighted by Gasteiger charge is 2.36. The highest BCUT2D eigenvalue weighted by Crippen LogP contribution is 2.38. The van der Waals surface area contributed by atoms with Crippen LogP contribution in [0.3, 0.4) is 0 Å². The van der Waals surface area contributed by atoms with E-state index in [0.717, 1.165) is 44.8 Å². The predicted octanol–water partition coefficient (Wildman–Crippen LogP) is 4.95. The second-order valence-electron chi connectivity index (χ2n) is 13.7. The maximum absolute atomic E-state index is 15.4. The number of rotatable bonds is 9. The normalized spacial score (nSPS) is 22.7. The van der Waals surface area contributed by atoms with Crippen molar-refractivity contribution in [2.45, 2.75) is 71.5 Å². The molecule has 1 N–H and O–H groups in total. The van der Waals surface area contributed by atoms with Gasteiger partial charge in [0.2, 0.25) is 5.95 Å². The number of pyridine rings is 1. The summed E-state index contributed by atoms with van der Waals surface area (Å²) in [6, 6.07) is 7.16. The number of benzene rings is 1. The van der Waals surface area contributed by atoms with Crippen LogP contribution in [0.15, 0.2) is 30.5 Å². The van der Waals surface area contributed by atoms with Gasteiger partial charge < -0.3 is 24.3 Å². The molecule has 3 aliphatic rings. The molecule has 0 bridgehead atoms. The lowest BCUT2D eigenvalue weighted by molar-refractivity contribution is 0.00361. The van der Waals surface area contributed by atoms with Crippen LogP contribution in [-0.2, 0) is 4.74 Å². The number of fused-ring (bicyclic) bond motifs is 1. The van der Waals surface area contributed by atoms with Crippen molar-refractivity contribution in [1.29, 1.82) is 0 Å². The molecule has 3 atom stereocenters. The number of halogens is 2. The molecule has 0 spiro atoms. The summed E-state index contributed by atoms with van der Waals surface area (Å²) in [6.07, 6.45) is 4.35. The van der Waals surface area contributed by atoms with E-state index in [0.29, 0.717) is 60.2 Å². The number of ether oxygens (including phenoxy) is 1. The molecular formula is C35H48F2N6O2. The van der Waals surface area contributed by atoms with Gasteiger partial charge >= 0.3 is 0 Å². The van der Waals surface area contributed by atoms with Crippen molar-refractivity contribution in [3.63, 3.8) is 0 Å². The third-order valence-corrected chi connectivity index (χ3v) is 10.1. The van der Waals surface area contributed by atoms with E-state index in [2.05, 4.69) is 40.9 Å². The predicted molar refractivity (Wildman–Crippen MR) is 173 cm³/mol. The van der Waals surface area contributed by atoms with Gasteiger partial charge in [0, 0.05) is 69.0 Å². The number of amides is 1. The quantitative estimate of drug-likeness (QED) is 0.365.